The first-order valence-electron chi connectivity index (χ1n) is 11.4. The van der Waals surface area contributed by atoms with Crippen molar-refractivity contribution in [2.45, 2.75) is 6.42 Å². The SMILES string of the molecule is COCCCOc1cc2ncc(C#N)c(Nc3ccc(Oc4ccccc4OC)cc3)c2cc1OC. The largest absolute Gasteiger partial charge is 0.493 e. The normalized spacial score (nSPS) is 10.5. The number of rotatable bonds is 11. The summed E-state index contributed by atoms with van der Waals surface area (Å²) in [4.78, 5) is 4.46. The zero-order valence-electron chi connectivity index (χ0n) is 20.4. The van der Waals surface area contributed by atoms with Gasteiger partial charge in [0, 0.05) is 43.5 Å². The summed E-state index contributed by atoms with van der Waals surface area (Å²) in [5.74, 6) is 3.07. The summed E-state index contributed by atoms with van der Waals surface area (Å²) >= 11 is 0. The summed E-state index contributed by atoms with van der Waals surface area (Å²) in [6, 6.07) is 20.8. The third kappa shape index (κ3) is 5.59. The van der Waals surface area contributed by atoms with Crippen LogP contribution in [0, 0.1) is 11.3 Å². The first-order valence-corrected chi connectivity index (χ1v) is 11.4. The molecule has 0 aliphatic rings. The molecule has 36 heavy (non-hydrogen) atoms. The van der Waals surface area contributed by atoms with Gasteiger partial charge in [-0.25, -0.2) is 0 Å². The van der Waals surface area contributed by atoms with Crippen LogP contribution in [0.15, 0.2) is 66.9 Å². The van der Waals surface area contributed by atoms with Crippen LogP contribution in [-0.4, -0.2) is 39.5 Å². The molecule has 0 bridgehead atoms. The number of nitrogens with one attached hydrogen (secondary N) is 1. The van der Waals surface area contributed by atoms with Crippen molar-refractivity contribution in [3.05, 3.63) is 72.4 Å². The Morgan fingerprint density at radius 1 is 0.861 bits per heavy atom. The molecule has 0 aliphatic heterocycles. The van der Waals surface area contributed by atoms with Gasteiger partial charge in [0.1, 0.15) is 11.8 Å². The summed E-state index contributed by atoms with van der Waals surface area (Å²) in [7, 11) is 4.84. The second kappa shape index (κ2) is 11.8. The number of nitriles is 1. The van der Waals surface area contributed by atoms with Crippen molar-refractivity contribution >= 4 is 22.3 Å². The second-order valence-electron chi connectivity index (χ2n) is 7.78. The van der Waals surface area contributed by atoms with Crippen LogP contribution in [0.3, 0.4) is 0 Å². The van der Waals surface area contributed by atoms with Crippen molar-refractivity contribution < 1.29 is 23.7 Å². The molecule has 1 N–H and O–H groups in total. The van der Waals surface area contributed by atoms with Gasteiger partial charge in [0.05, 0.1) is 37.6 Å². The van der Waals surface area contributed by atoms with E-state index in [0.717, 1.165) is 17.5 Å². The molecule has 8 heteroatoms. The molecule has 0 saturated carbocycles. The van der Waals surface area contributed by atoms with E-state index in [-0.39, 0.29) is 0 Å². The Morgan fingerprint density at radius 3 is 2.31 bits per heavy atom. The molecule has 0 fully saturated rings. The summed E-state index contributed by atoms with van der Waals surface area (Å²) in [5, 5.41) is 13.8. The predicted octanol–water partition coefficient (Wildman–Crippen LogP) is 6.07. The van der Waals surface area contributed by atoms with Gasteiger partial charge in [0.2, 0.25) is 0 Å². The smallest absolute Gasteiger partial charge is 0.169 e. The second-order valence-corrected chi connectivity index (χ2v) is 7.78. The molecule has 0 aliphatic carbocycles. The van der Waals surface area contributed by atoms with Crippen LogP contribution in [0.25, 0.3) is 10.9 Å². The molecule has 4 aromatic rings. The first-order chi connectivity index (χ1) is 17.7. The number of pyridine rings is 1. The highest BCUT2D eigenvalue weighted by molar-refractivity contribution is 5.97. The molecule has 1 heterocycles. The maximum Gasteiger partial charge on any atom is 0.169 e. The number of benzene rings is 3. The molecule has 0 saturated heterocycles. The summed E-state index contributed by atoms with van der Waals surface area (Å²) in [5.41, 5.74) is 2.50. The number of ether oxygens (including phenoxy) is 5. The van der Waals surface area contributed by atoms with Crippen molar-refractivity contribution in [3.8, 4) is 34.8 Å². The van der Waals surface area contributed by atoms with E-state index in [1.54, 1.807) is 27.5 Å². The lowest BCUT2D eigenvalue weighted by Crippen LogP contribution is -2.03. The molecule has 3 aromatic carbocycles. The Morgan fingerprint density at radius 2 is 1.61 bits per heavy atom. The van der Waals surface area contributed by atoms with Gasteiger partial charge in [0.15, 0.2) is 23.0 Å². The third-order valence-electron chi connectivity index (χ3n) is 5.44. The van der Waals surface area contributed by atoms with E-state index in [4.69, 9.17) is 23.7 Å². The van der Waals surface area contributed by atoms with E-state index in [2.05, 4.69) is 16.4 Å². The zero-order valence-corrected chi connectivity index (χ0v) is 20.4. The molecule has 0 radical (unpaired) electrons. The fourth-order valence-corrected chi connectivity index (χ4v) is 3.66. The molecule has 0 unspecified atom stereocenters. The lowest BCUT2D eigenvalue weighted by Gasteiger charge is -2.16. The number of methoxy groups -OCH3 is 3. The van der Waals surface area contributed by atoms with E-state index in [9.17, 15) is 5.26 Å². The number of fused-ring (bicyclic) bond motifs is 1. The maximum atomic E-state index is 9.73. The highest BCUT2D eigenvalue weighted by Gasteiger charge is 2.15. The van der Waals surface area contributed by atoms with Gasteiger partial charge in [0.25, 0.3) is 0 Å². The molecular weight excluding hydrogens is 458 g/mol. The van der Waals surface area contributed by atoms with Crippen LogP contribution in [0.4, 0.5) is 11.4 Å². The van der Waals surface area contributed by atoms with Crippen molar-refractivity contribution in [1.29, 1.82) is 5.26 Å². The Hall–Kier alpha value is -4.48. The van der Waals surface area contributed by atoms with E-state index >= 15 is 0 Å². The first kappa shape index (κ1) is 24.6. The monoisotopic (exact) mass is 485 g/mol. The lowest BCUT2D eigenvalue weighted by molar-refractivity contribution is 0.170. The minimum atomic E-state index is 0.410. The Kier molecular flexibility index (Phi) is 8.06. The zero-order chi connectivity index (χ0) is 25.3. The van der Waals surface area contributed by atoms with Gasteiger partial charge in [-0.15, -0.1) is 0 Å². The molecule has 184 valence electrons. The minimum absolute atomic E-state index is 0.410. The maximum absolute atomic E-state index is 9.73. The minimum Gasteiger partial charge on any atom is -0.493 e. The van der Waals surface area contributed by atoms with Crippen LogP contribution in [0.5, 0.6) is 28.7 Å². The number of hydrogen-bond donors (Lipinski definition) is 1. The number of nitrogens with zero attached hydrogens (tertiary/aromatic N) is 2. The molecule has 1 aromatic heterocycles. The van der Waals surface area contributed by atoms with Gasteiger partial charge >= 0.3 is 0 Å². The van der Waals surface area contributed by atoms with Crippen LogP contribution in [-0.2, 0) is 4.74 Å². The Balaban J connectivity index is 1.60. The number of anilines is 2. The van der Waals surface area contributed by atoms with Gasteiger partial charge in [-0.2, -0.15) is 5.26 Å². The Bertz CT molecular complexity index is 1370. The van der Waals surface area contributed by atoms with Crippen LogP contribution in [0.2, 0.25) is 0 Å². The van der Waals surface area contributed by atoms with E-state index in [1.165, 1.54) is 0 Å². The Labute approximate surface area is 210 Å². The third-order valence-corrected chi connectivity index (χ3v) is 5.44. The van der Waals surface area contributed by atoms with E-state index in [1.807, 2.05) is 60.7 Å². The lowest BCUT2D eigenvalue weighted by atomic mass is 10.1. The van der Waals surface area contributed by atoms with Crippen molar-refractivity contribution in [2.75, 3.05) is 39.9 Å². The van der Waals surface area contributed by atoms with Crippen LogP contribution in [0.1, 0.15) is 12.0 Å². The van der Waals surface area contributed by atoms with Crippen molar-refractivity contribution in [3.63, 3.8) is 0 Å². The van der Waals surface area contributed by atoms with Crippen molar-refractivity contribution in [2.24, 2.45) is 0 Å². The van der Waals surface area contributed by atoms with E-state index < -0.39 is 0 Å². The number of hydrogen-bond acceptors (Lipinski definition) is 8. The van der Waals surface area contributed by atoms with E-state index in [0.29, 0.717) is 58.7 Å². The summed E-state index contributed by atoms with van der Waals surface area (Å²) < 4.78 is 27.8. The highest BCUT2D eigenvalue weighted by atomic mass is 16.5. The average molecular weight is 486 g/mol. The van der Waals surface area contributed by atoms with Gasteiger partial charge in [-0.1, -0.05) is 12.1 Å². The van der Waals surface area contributed by atoms with Gasteiger partial charge in [-0.05, 0) is 42.5 Å². The molecule has 4 rings (SSSR count). The van der Waals surface area contributed by atoms with Crippen LogP contribution < -0.4 is 24.3 Å². The summed E-state index contributed by atoms with van der Waals surface area (Å²) in [6.07, 6.45) is 2.30. The van der Waals surface area contributed by atoms with Gasteiger partial charge in [-0.3, -0.25) is 4.98 Å². The van der Waals surface area contributed by atoms with Crippen molar-refractivity contribution in [1.82, 2.24) is 4.98 Å². The number of para-hydroxylation sites is 2. The quantitative estimate of drug-likeness (QED) is 0.256. The molecular formula is C28H27N3O5. The summed E-state index contributed by atoms with van der Waals surface area (Å²) in [6.45, 7) is 1.09. The standard InChI is InChI=1S/C28H27N3O5/c1-32-13-6-14-35-27-16-23-22(15-26(27)34-3)28(19(17-29)18-30-23)31-20-9-11-21(12-10-20)36-25-8-5-4-7-24(25)33-2/h4-5,7-12,15-16,18H,6,13-14H2,1-3H3,(H,30,31). The highest BCUT2D eigenvalue weighted by Crippen LogP contribution is 2.38. The van der Waals surface area contributed by atoms with Gasteiger partial charge < -0.3 is 29.0 Å². The fraction of sp³-hybridized carbons (Fsp3) is 0.214. The number of aromatic nitrogens is 1. The molecule has 0 atom stereocenters. The predicted molar refractivity (Wildman–Crippen MR) is 138 cm³/mol. The fourth-order valence-electron chi connectivity index (χ4n) is 3.66. The topological polar surface area (TPSA) is 94.9 Å². The van der Waals surface area contributed by atoms with Crippen LogP contribution >= 0.6 is 0 Å². The molecule has 0 spiro atoms. The molecule has 8 nitrogen and oxygen atoms in total. The average Bonchev–Trinajstić information content (AvgIpc) is 2.92. The molecule has 0 amide bonds.